The van der Waals surface area contributed by atoms with Crippen LogP contribution in [-0.2, 0) is 19.5 Å². The second kappa shape index (κ2) is 26.8. The topological polar surface area (TPSA) is 8.81 Å². The van der Waals surface area contributed by atoms with E-state index in [0.717, 1.165) is 0 Å². The molecule has 0 aliphatic carbocycles. The van der Waals surface area contributed by atoms with Crippen molar-refractivity contribution in [2.75, 3.05) is 0 Å². The summed E-state index contributed by atoms with van der Waals surface area (Å²) in [5.41, 5.74) is 0. The molecule has 0 aliphatic rings. The van der Waals surface area contributed by atoms with Gasteiger partial charge in [-0.05, 0) is 25.7 Å². The normalized spacial score (nSPS) is 11.5. The van der Waals surface area contributed by atoms with Gasteiger partial charge in [-0.15, -0.1) is 0 Å². The van der Waals surface area contributed by atoms with Gasteiger partial charge < -0.3 is 0 Å². The first-order chi connectivity index (χ1) is 18.3. The number of nitrogens with zero attached hydrogens (tertiary/aromatic N) is 2. The van der Waals surface area contributed by atoms with E-state index in [9.17, 15) is 0 Å². The summed E-state index contributed by atoms with van der Waals surface area (Å²) in [5.74, 6) is 1.59. The smallest absolute Gasteiger partial charge is 0.234 e. The Morgan fingerprint density at radius 3 is 1.24 bits per heavy atom. The van der Waals surface area contributed by atoms with E-state index < -0.39 is 0 Å². The maximum atomic E-state index is 2.59. The predicted molar refractivity (Wildman–Crippen MR) is 165 cm³/mol. The largest absolute Gasteiger partial charge is 0.256 e. The molecular formula is C35H69N2+. The van der Waals surface area contributed by atoms with Gasteiger partial charge in [-0.2, -0.15) is 0 Å². The summed E-state index contributed by atoms with van der Waals surface area (Å²) in [4.78, 5) is 0. The Morgan fingerprint density at radius 2 is 0.838 bits per heavy atom. The standard InChI is InChI=1S/C35H69N2/c1-4-7-9-11-13-15-17-18-19-20-22-24-26-28-30-35-36(31-6-3)33-34-37(35)32-29-27-25-23-21-16-14-12-10-8-5-2/h33-34H,4-32H2,1-3H3/q+1. The van der Waals surface area contributed by atoms with E-state index in [1.807, 2.05) is 0 Å². The summed E-state index contributed by atoms with van der Waals surface area (Å²) in [7, 11) is 0. The summed E-state index contributed by atoms with van der Waals surface area (Å²) in [6, 6.07) is 0. The monoisotopic (exact) mass is 518 g/mol. The number of rotatable bonds is 29. The SMILES string of the molecule is CCCCCCCCCCCCCCCCc1n(CCCCCCCCCCCCC)cc[n+]1CCC. The van der Waals surface area contributed by atoms with Crippen molar-refractivity contribution in [1.82, 2.24) is 4.57 Å². The molecule has 2 nitrogen and oxygen atoms in total. The van der Waals surface area contributed by atoms with E-state index in [1.165, 1.54) is 186 Å². The van der Waals surface area contributed by atoms with Crippen LogP contribution < -0.4 is 4.57 Å². The minimum atomic E-state index is 1.18. The van der Waals surface area contributed by atoms with E-state index >= 15 is 0 Å². The molecule has 0 unspecified atom stereocenters. The van der Waals surface area contributed by atoms with Crippen molar-refractivity contribution in [3.8, 4) is 0 Å². The molecule has 0 saturated carbocycles. The zero-order chi connectivity index (χ0) is 26.7. The fourth-order valence-corrected chi connectivity index (χ4v) is 5.86. The molecule has 0 bridgehead atoms. The lowest BCUT2D eigenvalue weighted by molar-refractivity contribution is -0.703. The van der Waals surface area contributed by atoms with Crippen molar-refractivity contribution in [2.45, 2.75) is 207 Å². The number of imidazole rings is 1. The summed E-state index contributed by atoms with van der Waals surface area (Å²) < 4.78 is 5.13. The van der Waals surface area contributed by atoms with E-state index in [4.69, 9.17) is 0 Å². The van der Waals surface area contributed by atoms with Gasteiger partial charge in [-0.1, -0.05) is 162 Å². The van der Waals surface area contributed by atoms with Crippen molar-refractivity contribution >= 4 is 0 Å². The van der Waals surface area contributed by atoms with Gasteiger partial charge in [0.25, 0.3) is 5.82 Å². The van der Waals surface area contributed by atoms with Gasteiger partial charge >= 0.3 is 0 Å². The number of aryl methyl sites for hydroxylation is 2. The zero-order valence-electron chi connectivity index (χ0n) is 26.1. The van der Waals surface area contributed by atoms with Crippen molar-refractivity contribution < 1.29 is 4.57 Å². The van der Waals surface area contributed by atoms with E-state index in [0.29, 0.717) is 0 Å². The number of hydrogen-bond acceptors (Lipinski definition) is 0. The van der Waals surface area contributed by atoms with Gasteiger partial charge in [0.15, 0.2) is 0 Å². The Balaban J connectivity index is 2.08. The second-order valence-corrected chi connectivity index (χ2v) is 12.0. The number of aromatic nitrogens is 2. The van der Waals surface area contributed by atoms with Crippen LogP contribution in [0.25, 0.3) is 0 Å². The molecule has 0 N–H and O–H groups in total. The van der Waals surface area contributed by atoms with Gasteiger partial charge in [0.2, 0.25) is 0 Å². The van der Waals surface area contributed by atoms with Crippen molar-refractivity contribution in [3.63, 3.8) is 0 Å². The first-order valence-electron chi connectivity index (χ1n) is 17.4. The van der Waals surface area contributed by atoms with Crippen LogP contribution in [0.15, 0.2) is 12.4 Å². The second-order valence-electron chi connectivity index (χ2n) is 12.0. The average molecular weight is 518 g/mol. The van der Waals surface area contributed by atoms with E-state index in [-0.39, 0.29) is 0 Å². The minimum Gasteiger partial charge on any atom is -0.234 e. The van der Waals surface area contributed by atoms with E-state index in [1.54, 1.807) is 5.82 Å². The fraction of sp³-hybridized carbons (Fsp3) is 0.914. The molecule has 1 heterocycles. The first-order valence-corrected chi connectivity index (χ1v) is 17.4. The van der Waals surface area contributed by atoms with Crippen molar-refractivity contribution in [1.29, 1.82) is 0 Å². The molecule has 0 aliphatic heterocycles. The third-order valence-corrected chi connectivity index (χ3v) is 8.31. The summed E-state index contributed by atoms with van der Waals surface area (Å²) in [5, 5.41) is 0. The molecule has 0 spiro atoms. The van der Waals surface area contributed by atoms with Crippen molar-refractivity contribution in [2.24, 2.45) is 0 Å². The highest BCUT2D eigenvalue weighted by atomic mass is 15.1. The number of unbranched alkanes of at least 4 members (excludes halogenated alkanes) is 23. The van der Waals surface area contributed by atoms with Crippen LogP contribution >= 0.6 is 0 Å². The van der Waals surface area contributed by atoms with Crippen LogP contribution in [0, 0.1) is 0 Å². The zero-order valence-corrected chi connectivity index (χ0v) is 26.1. The van der Waals surface area contributed by atoms with Gasteiger partial charge in [0, 0.05) is 6.42 Å². The lowest BCUT2D eigenvalue weighted by Gasteiger charge is -2.06. The molecule has 1 aromatic heterocycles. The molecule has 0 radical (unpaired) electrons. The van der Waals surface area contributed by atoms with Crippen LogP contribution in [0.2, 0.25) is 0 Å². The fourth-order valence-electron chi connectivity index (χ4n) is 5.86. The Kier molecular flexibility index (Phi) is 24.8. The molecule has 2 heteroatoms. The van der Waals surface area contributed by atoms with Crippen molar-refractivity contribution in [3.05, 3.63) is 18.2 Å². The van der Waals surface area contributed by atoms with Gasteiger partial charge in [0.05, 0.1) is 13.1 Å². The molecule has 37 heavy (non-hydrogen) atoms. The number of hydrogen-bond donors (Lipinski definition) is 0. The Morgan fingerprint density at radius 1 is 0.459 bits per heavy atom. The van der Waals surface area contributed by atoms with E-state index in [2.05, 4.69) is 42.3 Å². The van der Waals surface area contributed by atoms with Crippen LogP contribution in [0.1, 0.15) is 194 Å². The molecule has 1 aromatic rings. The third kappa shape index (κ3) is 19.9. The molecule has 0 atom stereocenters. The highest BCUT2D eigenvalue weighted by Crippen LogP contribution is 2.15. The average Bonchev–Trinajstić information content (AvgIpc) is 3.28. The minimum absolute atomic E-state index is 1.18. The van der Waals surface area contributed by atoms with Crippen LogP contribution in [0.5, 0.6) is 0 Å². The molecule has 0 saturated heterocycles. The molecular weight excluding hydrogens is 448 g/mol. The highest BCUT2D eigenvalue weighted by molar-refractivity contribution is 4.84. The van der Waals surface area contributed by atoms with Gasteiger partial charge in [-0.3, -0.25) is 0 Å². The first kappa shape index (κ1) is 34.2. The lowest BCUT2D eigenvalue weighted by Crippen LogP contribution is -2.37. The third-order valence-electron chi connectivity index (χ3n) is 8.31. The molecule has 0 aromatic carbocycles. The molecule has 0 fully saturated rings. The molecule has 0 amide bonds. The molecule has 218 valence electrons. The summed E-state index contributed by atoms with van der Waals surface area (Å²) in [6.45, 7) is 9.33. The maximum Gasteiger partial charge on any atom is 0.256 e. The maximum absolute atomic E-state index is 2.59. The lowest BCUT2D eigenvalue weighted by atomic mass is 10.0. The quantitative estimate of drug-likeness (QED) is 0.0737. The Bertz CT molecular complexity index is 576. The van der Waals surface area contributed by atoms with Crippen LogP contribution in [0.3, 0.4) is 0 Å². The van der Waals surface area contributed by atoms with Gasteiger partial charge in [-0.25, -0.2) is 9.13 Å². The van der Waals surface area contributed by atoms with Crippen LogP contribution in [0.4, 0.5) is 0 Å². The van der Waals surface area contributed by atoms with Gasteiger partial charge in [0.1, 0.15) is 12.4 Å². The summed E-state index contributed by atoms with van der Waals surface area (Å²) in [6.07, 6.45) is 43.1. The predicted octanol–water partition coefficient (Wildman–Crippen LogP) is 11.5. The highest BCUT2D eigenvalue weighted by Gasteiger charge is 2.15. The Hall–Kier alpha value is -0.790. The molecule has 1 rings (SSSR count). The summed E-state index contributed by atoms with van der Waals surface area (Å²) >= 11 is 0. The Labute approximate surface area is 234 Å². The van der Waals surface area contributed by atoms with Crippen LogP contribution in [-0.4, -0.2) is 4.57 Å².